The zero-order valence-electron chi connectivity index (χ0n) is 15.2. The second kappa shape index (κ2) is 13.0. The van der Waals surface area contributed by atoms with E-state index in [0.29, 0.717) is 0 Å². The SMILES string of the molecule is O=S(=O)([O-])C(COCOC1CCCCC1)OCOC1CCCCC1.[Na+]. The molecule has 0 radical (unpaired) electrons. The Labute approximate surface area is 173 Å². The summed E-state index contributed by atoms with van der Waals surface area (Å²) in [5, 5.41) is 0. The molecule has 1 unspecified atom stereocenters. The van der Waals surface area contributed by atoms with Crippen LogP contribution in [0.1, 0.15) is 64.2 Å². The Hall–Kier alpha value is 0.750. The van der Waals surface area contributed by atoms with E-state index in [9.17, 15) is 13.0 Å². The van der Waals surface area contributed by atoms with Crippen LogP contribution in [0, 0.1) is 0 Å². The Morgan fingerprint density at radius 3 is 1.80 bits per heavy atom. The number of hydrogen-bond acceptors (Lipinski definition) is 7. The first-order valence-corrected chi connectivity index (χ1v) is 10.4. The van der Waals surface area contributed by atoms with Crippen LogP contribution < -0.4 is 29.6 Å². The molecule has 2 saturated carbocycles. The van der Waals surface area contributed by atoms with Gasteiger partial charge < -0.3 is 23.5 Å². The van der Waals surface area contributed by atoms with Crippen LogP contribution in [-0.2, 0) is 29.1 Å². The molecule has 0 bridgehead atoms. The molecular weight excluding hydrogens is 359 g/mol. The summed E-state index contributed by atoms with van der Waals surface area (Å²) >= 11 is 0. The molecule has 1 atom stereocenters. The van der Waals surface area contributed by atoms with Gasteiger partial charge in [-0.15, -0.1) is 0 Å². The molecule has 142 valence electrons. The van der Waals surface area contributed by atoms with E-state index in [1.807, 2.05) is 0 Å². The third-order valence-corrected chi connectivity index (χ3v) is 5.54. The standard InChI is InChI=1S/C16H30O7S.Na/c17-24(18,19)16(23-13-22-15-9-5-2-6-10-15)11-20-12-21-14-7-3-1-4-8-14;/h14-16H,1-13H2,(H,17,18,19);/q;+1/p-1. The molecule has 25 heavy (non-hydrogen) atoms. The minimum absolute atomic E-state index is 0. The molecule has 0 N–H and O–H groups in total. The van der Waals surface area contributed by atoms with Crippen LogP contribution in [-0.4, -0.2) is 50.8 Å². The van der Waals surface area contributed by atoms with Gasteiger partial charge in [0, 0.05) is 0 Å². The Morgan fingerprint density at radius 2 is 1.32 bits per heavy atom. The molecule has 0 aromatic carbocycles. The van der Waals surface area contributed by atoms with E-state index in [2.05, 4.69) is 0 Å². The summed E-state index contributed by atoms with van der Waals surface area (Å²) in [6.45, 7) is -0.570. The van der Waals surface area contributed by atoms with E-state index in [4.69, 9.17) is 18.9 Å². The van der Waals surface area contributed by atoms with Crippen molar-refractivity contribution in [1.82, 2.24) is 0 Å². The fourth-order valence-corrected chi connectivity index (χ4v) is 3.66. The molecule has 0 saturated heterocycles. The molecule has 2 aliphatic carbocycles. The molecule has 7 nitrogen and oxygen atoms in total. The van der Waals surface area contributed by atoms with Crippen molar-refractivity contribution in [2.45, 2.75) is 81.9 Å². The van der Waals surface area contributed by atoms with Crippen molar-refractivity contribution < 1.29 is 61.5 Å². The molecule has 2 aliphatic rings. The summed E-state index contributed by atoms with van der Waals surface area (Å²) in [6, 6.07) is 0. The predicted molar refractivity (Wildman–Crippen MR) is 86.2 cm³/mol. The number of hydrogen-bond donors (Lipinski definition) is 0. The van der Waals surface area contributed by atoms with Gasteiger partial charge in [-0.25, -0.2) is 8.42 Å². The summed E-state index contributed by atoms with van der Waals surface area (Å²) < 4.78 is 55.1. The molecule has 0 heterocycles. The number of ether oxygens (including phenoxy) is 4. The van der Waals surface area contributed by atoms with Crippen LogP contribution in [0.25, 0.3) is 0 Å². The van der Waals surface area contributed by atoms with Crippen LogP contribution in [0.4, 0.5) is 0 Å². The van der Waals surface area contributed by atoms with Gasteiger partial charge in [-0.3, -0.25) is 0 Å². The third-order valence-electron chi connectivity index (χ3n) is 4.63. The first-order chi connectivity index (χ1) is 11.6. The maximum Gasteiger partial charge on any atom is 1.00 e. The van der Waals surface area contributed by atoms with Gasteiger partial charge in [-0.1, -0.05) is 38.5 Å². The minimum Gasteiger partial charge on any atom is -0.746 e. The van der Waals surface area contributed by atoms with Gasteiger partial charge in [0.1, 0.15) is 23.7 Å². The third kappa shape index (κ3) is 10.0. The van der Waals surface area contributed by atoms with Crippen LogP contribution in [0.3, 0.4) is 0 Å². The molecule has 0 amide bonds. The molecule has 2 rings (SSSR count). The van der Waals surface area contributed by atoms with Crippen molar-refractivity contribution >= 4 is 10.1 Å². The van der Waals surface area contributed by atoms with Crippen molar-refractivity contribution in [2.24, 2.45) is 0 Å². The van der Waals surface area contributed by atoms with E-state index in [1.165, 1.54) is 12.8 Å². The molecule has 0 spiro atoms. The Bertz CT molecular complexity index is 434. The normalized spacial score (nSPS) is 21.6. The van der Waals surface area contributed by atoms with Gasteiger partial charge in [0.25, 0.3) is 0 Å². The average molecular weight is 388 g/mol. The van der Waals surface area contributed by atoms with E-state index in [0.717, 1.165) is 51.4 Å². The summed E-state index contributed by atoms with van der Waals surface area (Å²) in [4.78, 5) is 0. The maximum atomic E-state index is 11.3. The molecular formula is C16H29NaO7S. The molecule has 0 aromatic rings. The summed E-state index contributed by atoms with van der Waals surface area (Å²) in [7, 11) is -4.61. The molecule has 0 aromatic heterocycles. The number of rotatable bonds is 10. The fourth-order valence-electron chi connectivity index (χ4n) is 3.18. The van der Waals surface area contributed by atoms with Gasteiger partial charge >= 0.3 is 29.6 Å². The average Bonchev–Trinajstić information content (AvgIpc) is 2.58. The van der Waals surface area contributed by atoms with E-state index in [1.54, 1.807) is 0 Å². The Balaban J connectivity index is 0.00000312. The Morgan fingerprint density at radius 1 is 0.840 bits per heavy atom. The van der Waals surface area contributed by atoms with Crippen molar-refractivity contribution in [2.75, 3.05) is 20.2 Å². The van der Waals surface area contributed by atoms with Gasteiger partial charge in [-0.05, 0) is 25.7 Å². The first-order valence-electron chi connectivity index (χ1n) is 8.93. The summed E-state index contributed by atoms with van der Waals surface area (Å²) in [6.07, 6.45) is 11.1. The summed E-state index contributed by atoms with van der Waals surface area (Å²) in [5.41, 5.74) is -1.56. The second-order valence-electron chi connectivity index (χ2n) is 6.55. The first kappa shape index (κ1) is 23.8. The molecule has 0 aliphatic heterocycles. The van der Waals surface area contributed by atoms with Crippen LogP contribution in [0.5, 0.6) is 0 Å². The fraction of sp³-hybridized carbons (Fsp3) is 1.00. The quantitative estimate of drug-likeness (QED) is 0.216. The molecule has 9 heteroatoms. The van der Waals surface area contributed by atoms with Crippen LogP contribution >= 0.6 is 0 Å². The largest absolute Gasteiger partial charge is 1.00 e. The van der Waals surface area contributed by atoms with Gasteiger partial charge in [0.2, 0.25) is 0 Å². The molecule has 2 fully saturated rings. The topological polar surface area (TPSA) is 94.1 Å². The van der Waals surface area contributed by atoms with Gasteiger partial charge in [0.05, 0.1) is 18.8 Å². The minimum atomic E-state index is -4.61. The van der Waals surface area contributed by atoms with Gasteiger partial charge in [-0.2, -0.15) is 0 Å². The van der Waals surface area contributed by atoms with E-state index < -0.39 is 15.6 Å². The van der Waals surface area contributed by atoms with Gasteiger partial charge in [0.15, 0.2) is 5.44 Å². The predicted octanol–water partition coefficient (Wildman–Crippen LogP) is -0.491. The van der Waals surface area contributed by atoms with Crippen molar-refractivity contribution in [3.8, 4) is 0 Å². The van der Waals surface area contributed by atoms with Crippen LogP contribution in [0.15, 0.2) is 0 Å². The van der Waals surface area contributed by atoms with E-state index >= 15 is 0 Å². The zero-order valence-corrected chi connectivity index (χ0v) is 18.0. The van der Waals surface area contributed by atoms with Crippen molar-refractivity contribution in [3.05, 3.63) is 0 Å². The van der Waals surface area contributed by atoms with Crippen LogP contribution in [0.2, 0.25) is 0 Å². The second-order valence-corrected chi connectivity index (χ2v) is 8.06. The van der Waals surface area contributed by atoms with Crippen molar-refractivity contribution in [3.63, 3.8) is 0 Å². The maximum absolute atomic E-state index is 11.3. The smallest absolute Gasteiger partial charge is 0.746 e. The van der Waals surface area contributed by atoms with Crippen molar-refractivity contribution in [1.29, 1.82) is 0 Å². The Kier molecular flexibility index (Phi) is 12.4. The summed E-state index contributed by atoms with van der Waals surface area (Å²) in [5.74, 6) is 0. The zero-order chi connectivity index (χ0) is 17.3. The monoisotopic (exact) mass is 388 g/mol. The van der Waals surface area contributed by atoms with E-state index in [-0.39, 0.29) is 62.0 Å².